The molecule has 0 unspecified atom stereocenters. The number of likely N-dealkylation sites (tertiary alicyclic amines) is 1. The first-order valence-corrected chi connectivity index (χ1v) is 7.29. The van der Waals surface area contributed by atoms with Gasteiger partial charge in [-0.05, 0) is 30.5 Å². The lowest BCUT2D eigenvalue weighted by Crippen LogP contribution is -2.29. The number of nitrogens with one attached hydrogen (secondary N) is 1. The zero-order valence-electron chi connectivity index (χ0n) is 11.5. The van der Waals surface area contributed by atoms with Crippen LogP contribution in [0.2, 0.25) is 0 Å². The smallest absolute Gasteiger partial charge is 0.151 e. The van der Waals surface area contributed by atoms with Gasteiger partial charge in [0.1, 0.15) is 0 Å². The zero-order valence-corrected chi connectivity index (χ0v) is 11.5. The number of anilines is 1. The molecule has 0 aliphatic carbocycles. The largest absolute Gasteiger partial charge is 0.354 e. The number of aromatic nitrogens is 2. The maximum Gasteiger partial charge on any atom is 0.151 e. The van der Waals surface area contributed by atoms with Crippen molar-refractivity contribution in [1.82, 2.24) is 20.4 Å². The molecule has 4 rings (SSSR count). The second-order valence-electron chi connectivity index (χ2n) is 6.25. The molecule has 2 atom stereocenters. The third-order valence-electron chi connectivity index (χ3n) is 4.79. The summed E-state index contributed by atoms with van der Waals surface area (Å²) in [6.45, 7) is 6.75. The molecule has 0 spiro atoms. The van der Waals surface area contributed by atoms with Gasteiger partial charge in [-0.1, -0.05) is 0 Å². The van der Waals surface area contributed by atoms with Gasteiger partial charge in [-0.15, -0.1) is 5.10 Å². The molecule has 0 bridgehead atoms. The Morgan fingerprint density at radius 1 is 1.16 bits per heavy atom. The summed E-state index contributed by atoms with van der Waals surface area (Å²) in [7, 11) is 2.23. The number of rotatable bonds is 1. The summed E-state index contributed by atoms with van der Waals surface area (Å²) in [5.41, 5.74) is 2.52. The average Bonchev–Trinajstić information content (AvgIpc) is 2.95. The zero-order chi connectivity index (χ0) is 12.8. The Morgan fingerprint density at radius 3 is 2.74 bits per heavy atom. The average molecular weight is 259 g/mol. The highest BCUT2D eigenvalue weighted by Crippen LogP contribution is 2.32. The van der Waals surface area contributed by atoms with Crippen molar-refractivity contribution in [2.24, 2.45) is 11.8 Å². The van der Waals surface area contributed by atoms with Crippen molar-refractivity contribution >= 4 is 5.82 Å². The fourth-order valence-electron chi connectivity index (χ4n) is 3.81. The van der Waals surface area contributed by atoms with Crippen LogP contribution in [0.5, 0.6) is 0 Å². The molecule has 5 nitrogen and oxygen atoms in total. The molecular weight excluding hydrogens is 238 g/mol. The van der Waals surface area contributed by atoms with E-state index in [1.807, 2.05) is 0 Å². The normalized spacial score (nSPS) is 30.5. The maximum atomic E-state index is 4.45. The van der Waals surface area contributed by atoms with Gasteiger partial charge in [-0.3, -0.25) is 0 Å². The standard InChI is InChI=1S/C14H21N5/c1-18-6-11-8-19(9-12(11)7-18)14-4-10-5-15-3-2-13(10)16-17-14/h4,11-12,15H,2-3,5-9H2,1H3/t11-,12+. The summed E-state index contributed by atoms with van der Waals surface area (Å²) in [6.07, 6.45) is 1.01. The topological polar surface area (TPSA) is 44.3 Å². The minimum Gasteiger partial charge on any atom is -0.354 e. The SMILES string of the molecule is CN1C[C@@H]2CN(c3cc4c(nn3)CCNC4)C[C@@H]2C1. The Balaban J connectivity index is 1.54. The van der Waals surface area contributed by atoms with Crippen LogP contribution in [0.4, 0.5) is 5.82 Å². The summed E-state index contributed by atoms with van der Waals surface area (Å²) in [4.78, 5) is 4.89. The Bertz CT molecular complexity index is 475. The van der Waals surface area contributed by atoms with Crippen molar-refractivity contribution in [1.29, 1.82) is 0 Å². The molecule has 2 fully saturated rings. The van der Waals surface area contributed by atoms with E-state index in [1.54, 1.807) is 0 Å². The highest BCUT2D eigenvalue weighted by Gasteiger charge is 2.39. The van der Waals surface area contributed by atoms with E-state index < -0.39 is 0 Å². The van der Waals surface area contributed by atoms with Gasteiger partial charge in [0.25, 0.3) is 0 Å². The van der Waals surface area contributed by atoms with Crippen LogP contribution < -0.4 is 10.2 Å². The minimum absolute atomic E-state index is 0.820. The number of hydrogen-bond donors (Lipinski definition) is 1. The number of nitrogens with zero attached hydrogens (tertiary/aromatic N) is 4. The van der Waals surface area contributed by atoms with Gasteiger partial charge in [0.05, 0.1) is 5.69 Å². The van der Waals surface area contributed by atoms with Crippen LogP contribution in [0.1, 0.15) is 11.3 Å². The summed E-state index contributed by atoms with van der Waals surface area (Å²) < 4.78 is 0. The molecule has 1 aromatic heterocycles. The second-order valence-corrected chi connectivity index (χ2v) is 6.25. The first-order valence-electron chi connectivity index (χ1n) is 7.29. The molecule has 3 aliphatic heterocycles. The molecule has 3 aliphatic rings. The Hall–Kier alpha value is -1.20. The number of fused-ring (bicyclic) bond motifs is 2. The van der Waals surface area contributed by atoms with Crippen molar-refractivity contribution in [2.45, 2.75) is 13.0 Å². The molecule has 0 radical (unpaired) electrons. The molecule has 2 saturated heterocycles. The van der Waals surface area contributed by atoms with Crippen LogP contribution in [0.15, 0.2) is 6.07 Å². The van der Waals surface area contributed by atoms with Crippen LogP contribution >= 0.6 is 0 Å². The monoisotopic (exact) mass is 259 g/mol. The van der Waals surface area contributed by atoms with Crippen LogP contribution in [-0.2, 0) is 13.0 Å². The van der Waals surface area contributed by atoms with E-state index in [0.717, 1.165) is 50.3 Å². The Kier molecular flexibility index (Phi) is 2.70. The molecule has 0 aromatic carbocycles. The van der Waals surface area contributed by atoms with Crippen molar-refractivity contribution < 1.29 is 0 Å². The lowest BCUT2D eigenvalue weighted by Gasteiger charge is -2.22. The second kappa shape index (κ2) is 4.42. The summed E-state index contributed by atoms with van der Waals surface area (Å²) in [5.74, 6) is 2.72. The summed E-state index contributed by atoms with van der Waals surface area (Å²) in [5, 5.41) is 12.3. The van der Waals surface area contributed by atoms with Crippen molar-refractivity contribution in [2.75, 3.05) is 44.7 Å². The first kappa shape index (κ1) is 11.6. The summed E-state index contributed by atoms with van der Waals surface area (Å²) >= 11 is 0. The van der Waals surface area contributed by atoms with Gasteiger partial charge in [-0.25, -0.2) is 0 Å². The van der Waals surface area contributed by atoms with E-state index in [9.17, 15) is 0 Å². The van der Waals surface area contributed by atoms with Gasteiger partial charge in [0.2, 0.25) is 0 Å². The van der Waals surface area contributed by atoms with Crippen LogP contribution in [-0.4, -0.2) is 54.9 Å². The van der Waals surface area contributed by atoms with Crippen LogP contribution in [0, 0.1) is 11.8 Å². The lowest BCUT2D eigenvalue weighted by molar-refractivity contribution is 0.386. The molecule has 0 amide bonds. The van der Waals surface area contributed by atoms with E-state index in [-0.39, 0.29) is 0 Å². The van der Waals surface area contributed by atoms with E-state index in [1.165, 1.54) is 24.3 Å². The van der Waals surface area contributed by atoms with E-state index in [0.29, 0.717) is 0 Å². The van der Waals surface area contributed by atoms with Crippen molar-refractivity contribution in [3.63, 3.8) is 0 Å². The number of hydrogen-bond acceptors (Lipinski definition) is 5. The Morgan fingerprint density at radius 2 is 1.95 bits per heavy atom. The predicted octanol–water partition coefficient (Wildman–Crippen LogP) is 0.120. The molecule has 4 heterocycles. The molecule has 1 aromatic rings. The Labute approximate surface area is 114 Å². The quantitative estimate of drug-likeness (QED) is 0.776. The van der Waals surface area contributed by atoms with Gasteiger partial charge < -0.3 is 15.1 Å². The third-order valence-corrected chi connectivity index (χ3v) is 4.79. The van der Waals surface area contributed by atoms with Crippen LogP contribution in [0.25, 0.3) is 0 Å². The molecule has 19 heavy (non-hydrogen) atoms. The van der Waals surface area contributed by atoms with E-state index >= 15 is 0 Å². The lowest BCUT2D eigenvalue weighted by atomic mass is 10.0. The molecular formula is C14H21N5. The van der Waals surface area contributed by atoms with Gasteiger partial charge in [-0.2, -0.15) is 5.10 Å². The minimum atomic E-state index is 0.820. The van der Waals surface area contributed by atoms with E-state index in [4.69, 9.17) is 0 Å². The molecule has 1 N–H and O–H groups in total. The highest BCUT2D eigenvalue weighted by molar-refractivity contribution is 5.43. The van der Waals surface area contributed by atoms with Gasteiger partial charge in [0.15, 0.2) is 5.82 Å². The van der Waals surface area contributed by atoms with Crippen LogP contribution in [0.3, 0.4) is 0 Å². The molecule has 5 heteroatoms. The van der Waals surface area contributed by atoms with E-state index in [2.05, 4.69) is 38.4 Å². The maximum absolute atomic E-state index is 4.45. The first-order chi connectivity index (χ1) is 9.29. The fourth-order valence-corrected chi connectivity index (χ4v) is 3.81. The van der Waals surface area contributed by atoms with Crippen molar-refractivity contribution in [3.8, 4) is 0 Å². The van der Waals surface area contributed by atoms with Gasteiger partial charge in [0, 0.05) is 45.7 Å². The third kappa shape index (κ3) is 2.01. The summed E-state index contributed by atoms with van der Waals surface area (Å²) in [6, 6.07) is 2.25. The predicted molar refractivity (Wildman–Crippen MR) is 74.1 cm³/mol. The van der Waals surface area contributed by atoms with Gasteiger partial charge >= 0.3 is 0 Å². The fraction of sp³-hybridized carbons (Fsp3) is 0.714. The molecule has 0 saturated carbocycles. The van der Waals surface area contributed by atoms with Crippen molar-refractivity contribution in [3.05, 3.63) is 17.3 Å². The molecule has 102 valence electrons. The highest BCUT2D eigenvalue weighted by atomic mass is 15.3.